The Morgan fingerprint density at radius 2 is 1.63 bits per heavy atom. The highest BCUT2D eigenvalue weighted by atomic mass is 16.4. The number of rotatable bonds is 4. The highest BCUT2D eigenvalue weighted by molar-refractivity contribution is 5.75. The molecular weight excluding hydrogens is 332 g/mol. The fraction of sp³-hybridized carbons (Fsp3) is 0.160. The Hall–Kier alpha value is -3.31. The Balaban J connectivity index is 2.05. The molecule has 0 radical (unpaired) electrons. The van der Waals surface area contributed by atoms with Gasteiger partial charge in [0.2, 0.25) is 0 Å². The van der Waals surface area contributed by atoms with Crippen LogP contribution >= 0.6 is 0 Å². The molecule has 0 saturated carbocycles. The summed E-state index contributed by atoms with van der Waals surface area (Å²) in [6, 6.07) is 24.0. The molecule has 0 fully saturated rings. The highest BCUT2D eigenvalue weighted by Gasteiger charge is 2.08. The van der Waals surface area contributed by atoms with Crippen molar-refractivity contribution in [2.24, 2.45) is 0 Å². The quantitative estimate of drug-likeness (QED) is 0.628. The Morgan fingerprint density at radius 3 is 2.26 bits per heavy atom. The summed E-state index contributed by atoms with van der Waals surface area (Å²) in [5.41, 5.74) is 5.91. The lowest BCUT2D eigenvalue weighted by molar-refractivity contribution is -0.136. The highest BCUT2D eigenvalue weighted by Crippen LogP contribution is 2.27. The van der Waals surface area contributed by atoms with Gasteiger partial charge in [0.15, 0.2) is 0 Å². The van der Waals surface area contributed by atoms with Gasteiger partial charge in [0, 0.05) is 11.1 Å². The summed E-state index contributed by atoms with van der Waals surface area (Å²) in [4.78, 5) is 11.1. The van der Waals surface area contributed by atoms with Gasteiger partial charge in [-0.25, -0.2) is 0 Å². The summed E-state index contributed by atoms with van der Waals surface area (Å²) in [7, 11) is 0. The van der Waals surface area contributed by atoms with E-state index < -0.39 is 5.97 Å². The predicted molar refractivity (Wildman–Crippen MR) is 110 cm³/mol. The molecule has 1 N–H and O–H groups in total. The van der Waals surface area contributed by atoms with Crippen LogP contribution in [-0.2, 0) is 11.2 Å². The maximum atomic E-state index is 11.1. The number of aliphatic carboxylic acids is 1. The Labute approximate surface area is 160 Å². The second kappa shape index (κ2) is 8.38. The van der Waals surface area contributed by atoms with Crippen molar-refractivity contribution >= 4 is 5.97 Å². The van der Waals surface area contributed by atoms with Crippen LogP contribution in [-0.4, -0.2) is 11.1 Å². The van der Waals surface area contributed by atoms with Crippen LogP contribution in [0.15, 0.2) is 72.8 Å². The van der Waals surface area contributed by atoms with Gasteiger partial charge in [0.1, 0.15) is 0 Å². The standard InChI is InChI=1S/C25H22O2/c1-18(2)21-12-14-23(15-13-21)24-16-20(17-25(26)27)9-11-22(24)10-8-19-6-4-3-5-7-19/h3-7,9,11-16,18H,17H2,1-2H3,(H,26,27). The van der Waals surface area contributed by atoms with Gasteiger partial charge in [0.25, 0.3) is 0 Å². The smallest absolute Gasteiger partial charge is 0.307 e. The molecule has 3 rings (SSSR count). The van der Waals surface area contributed by atoms with Crippen molar-refractivity contribution in [1.29, 1.82) is 0 Å². The molecule has 0 aromatic heterocycles. The van der Waals surface area contributed by atoms with Gasteiger partial charge in [0.05, 0.1) is 6.42 Å². The van der Waals surface area contributed by atoms with Crippen molar-refractivity contribution in [2.45, 2.75) is 26.2 Å². The number of carbonyl (C=O) groups is 1. The van der Waals surface area contributed by atoms with E-state index in [1.54, 1.807) is 0 Å². The van der Waals surface area contributed by atoms with Crippen molar-refractivity contribution in [1.82, 2.24) is 0 Å². The molecule has 2 heteroatoms. The van der Waals surface area contributed by atoms with E-state index in [0.29, 0.717) is 5.92 Å². The second-order valence-electron chi connectivity index (χ2n) is 6.84. The van der Waals surface area contributed by atoms with Gasteiger partial charge >= 0.3 is 5.97 Å². The zero-order valence-corrected chi connectivity index (χ0v) is 15.6. The Kier molecular flexibility index (Phi) is 5.74. The van der Waals surface area contributed by atoms with E-state index in [4.69, 9.17) is 5.11 Å². The number of carboxylic acids is 1. The normalized spacial score (nSPS) is 10.3. The number of hydrogen-bond donors (Lipinski definition) is 1. The van der Waals surface area contributed by atoms with Crippen molar-refractivity contribution in [2.75, 3.05) is 0 Å². The van der Waals surface area contributed by atoms with Gasteiger partial charge in [-0.3, -0.25) is 4.79 Å². The maximum absolute atomic E-state index is 11.1. The maximum Gasteiger partial charge on any atom is 0.307 e. The van der Waals surface area contributed by atoms with Crippen molar-refractivity contribution in [3.63, 3.8) is 0 Å². The first-order valence-corrected chi connectivity index (χ1v) is 9.05. The van der Waals surface area contributed by atoms with E-state index in [1.165, 1.54) is 5.56 Å². The number of hydrogen-bond acceptors (Lipinski definition) is 1. The SMILES string of the molecule is CC(C)c1ccc(-c2cc(CC(=O)O)ccc2C#Cc2ccccc2)cc1. The monoisotopic (exact) mass is 354 g/mol. The minimum atomic E-state index is -0.834. The summed E-state index contributed by atoms with van der Waals surface area (Å²) in [6.07, 6.45) is 0.00344. The van der Waals surface area contributed by atoms with Crippen LogP contribution in [0.25, 0.3) is 11.1 Å². The van der Waals surface area contributed by atoms with Crippen molar-refractivity contribution in [3.8, 4) is 23.0 Å². The summed E-state index contributed by atoms with van der Waals surface area (Å²) in [5, 5.41) is 9.12. The fourth-order valence-corrected chi connectivity index (χ4v) is 2.93. The molecule has 0 bridgehead atoms. The molecule has 0 spiro atoms. The van der Waals surface area contributed by atoms with E-state index in [0.717, 1.165) is 27.8 Å². The summed E-state index contributed by atoms with van der Waals surface area (Å²) >= 11 is 0. The number of carboxylic acid groups (broad SMARTS) is 1. The molecule has 0 amide bonds. The average molecular weight is 354 g/mol. The van der Waals surface area contributed by atoms with E-state index in [-0.39, 0.29) is 6.42 Å². The Morgan fingerprint density at radius 1 is 0.926 bits per heavy atom. The predicted octanol–water partition coefficient (Wildman–Crippen LogP) is 5.50. The van der Waals surface area contributed by atoms with Crippen LogP contribution in [0.4, 0.5) is 0 Å². The van der Waals surface area contributed by atoms with Crippen molar-refractivity contribution < 1.29 is 9.90 Å². The first-order valence-electron chi connectivity index (χ1n) is 9.05. The van der Waals surface area contributed by atoms with Crippen LogP contribution < -0.4 is 0 Å². The van der Waals surface area contributed by atoms with Crippen LogP contribution in [0.3, 0.4) is 0 Å². The summed E-state index contributed by atoms with van der Waals surface area (Å²) < 4.78 is 0. The molecule has 0 aliphatic rings. The lowest BCUT2D eigenvalue weighted by Gasteiger charge is -2.10. The minimum absolute atomic E-state index is 0.00344. The van der Waals surface area contributed by atoms with E-state index in [2.05, 4.69) is 50.0 Å². The molecular formula is C25H22O2. The largest absolute Gasteiger partial charge is 0.481 e. The fourth-order valence-electron chi connectivity index (χ4n) is 2.93. The molecule has 0 aliphatic heterocycles. The molecule has 0 saturated heterocycles. The average Bonchev–Trinajstić information content (AvgIpc) is 2.67. The van der Waals surface area contributed by atoms with Crippen LogP contribution in [0.2, 0.25) is 0 Å². The van der Waals surface area contributed by atoms with Gasteiger partial charge < -0.3 is 5.11 Å². The van der Waals surface area contributed by atoms with Gasteiger partial charge in [-0.05, 0) is 52.4 Å². The second-order valence-corrected chi connectivity index (χ2v) is 6.84. The first-order chi connectivity index (χ1) is 13.0. The minimum Gasteiger partial charge on any atom is -0.481 e. The first kappa shape index (κ1) is 18.5. The van der Waals surface area contributed by atoms with Gasteiger partial charge in [-0.1, -0.05) is 74.2 Å². The molecule has 2 nitrogen and oxygen atoms in total. The van der Waals surface area contributed by atoms with Crippen molar-refractivity contribution in [3.05, 3.63) is 95.1 Å². The molecule has 0 heterocycles. The lowest BCUT2D eigenvalue weighted by Crippen LogP contribution is -2.00. The van der Waals surface area contributed by atoms with Crippen LogP contribution in [0.5, 0.6) is 0 Å². The van der Waals surface area contributed by atoms with E-state index in [9.17, 15) is 4.79 Å². The lowest BCUT2D eigenvalue weighted by atomic mass is 9.94. The summed E-state index contributed by atoms with van der Waals surface area (Å²) in [5.74, 6) is 6.08. The zero-order chi connectivity index (χ0) is 19.2. The molecule has 3 aromatic rings. The molecule has 134 valence electrons. The third-order valence-electron chi connectivity index (χ3n) is 4.44. The third-order valence-corrected chi connectivity index (χ3v) is 4.44. The van der Waals surface area contributed by atoms with Gasteiger partial charge in [-0.2, -0.15) is 0 Å². The Bertz CT molecular complexity index is 988. The van der Waals surface area contributed by atoms with Crippen LogP contribution in [0.1, 0.15) is 42.0 Å². The molecule has 0 unspecified atom stereocenters. The van der Waals surface area contributed by atoms with Crippen LogP contribution in [0, 0.1) is 11.8 Å². The van der Waals surface area contributed by atoms with E-state index >= 15 is 0 Å². The third kappa shape index (κ3) is 4.86. The van der Waals surface area contributed by atoms with Gasteiger partial charge in [-0.15, -0.1) is 0 Å². The molecule has 27 heavy (non-hydrogen) atoms. The zero-order valence-electron chi connectivity index (χ0n) is 15.6. The molecule has 0 aliphatic carbocycles. The number of benzene rings is 3. The van der Waals surface area contributed by atoms with E-state index in [1.807, 2.05) is 48.5 Å². The molecule has 0 atom stereocenters. The molecule has 3 aromatic carbocycles. The summed E-state index contributed by atoms with van der Waals surface area (Å²) in [6.45, 7) is 4.33. The topological polar surface area (TPSA) is 37.3 Å².